The van der Waals surface area contributed by atoms with Gasteiger partial charge in [0.2, 0.25) is 15.9 Å². The van der Waals surface area contributed by atoms with E-state index in [2.05, 4.69) is 24.1 Å². The van der Waals surface area contributed by atoms with Crippen LogP contribution < -0.4 is 5.32 Å². The highest BCUT2D eigenvalue weighted by Crippen LogP contribution is 2.22. The number of thioether (sulfide) groups is 1. The summed E-state index contributed by atoms with van der Waals surface area (Å²) in [4.78, 5) is 16.4. The molecule has 0 aliphatic carbocycles. The first-order valence-electron chi connectivity index (χ1n) is 9.19. The average molecular weight is 400 g/mol. The topological polar surface area (TPSA) is 79.4 Å². The third kappa shape index (κ3) is 5.96. The number of sulfonamides is 1. The second-order valence-electron chi connectivity index (χ2n) is 7.04. The van der Waals surface area contributed by atoms with Crippen molar-refractivity contribution in [3.63, 3.8) is 0 Å². The maximum atomic E-state index is 12.7. The SMILES string of the molecule is CC(C)C(C)NC(=O)CSc1ccc(S(=O)(=O)N2CCCCCC2)cn1. The van der Waals surface area contributed by atoms with Gasteiger partial charge in [0.1, 0.15) is 4.90 Å². The first kappa shape index (κ1) is 21.2. The van der Waals surface area contributed by atoms with E-state index in [1.165, 1.54) is 18.0 Å². The van der Waals surface area contributed by atoms with Crippen molar-refractivity contribution in [2.75, 3.05) is 18.8 Å². The molecule has 6 nitrogen and oxygen atoms in total. The van der Waals surface area contributed by atoms with Crippen LogP contribution in [-0.4, -0.2) is 48.5 Å². The Hall–Kier alpha value is -1.12. The minimum atomic E-state index is -3.48. The summed E-state index contributed by atoms with van der Waals surface area (Å²) in [6, 6.07) is 3.39. The van der Waals surface area contributed by atoms with Gasteiger partial charge in [-0.1, -0.05) is 38.5 Å². The molecule has 1 aliphatic heterocycles. The number of hydrogen-bond donors (Lipinski definition) is 1. The molecule has 146 valence electrons. The summed E-state index contributed by atoms with van der Waals surface area (Å²) in [5, 5.41) is 3.59. The fourth-order valence-corrected chi connectivity index (χ4v) is 4.75. The van der Waals surface area contributed by atoms with Gasteiger partial charge in [-0.3, -0.25) is 4.79 Å². The van der Waals surface area contributed by atoms with Crippen molar-refractivity contribution in [2.45, 2.75) is 62.4 Å². The zero-order chi connectivity index (χ0) is 19.2. The van der Waals surface area contributed by atoms with Crippen molar-refractivity contribution >= 4 is 27.7 Å². The number of aromatic nitrogens is 1. The molecular weight excluding hydrogens is 370 g/mol. The molecule has 0 bridgehead atoms. The van der Waals surface area contributed by atoms with E-state index in [1.54, 1.807) is 16.4 Å². The smallest absolute Gasteiger partial charge is 0.244 e. The van der Waals surface area contributed by atoms with Crippen LogP contribution in [0.4, 0.5) is 0 Å². The lowest BCUT2D eigenvalue weighted by molar-refractivity contribution is -0.119. The van der Waals surface area contributed by atoms with Gasteiger partial charge in [0.25, 0.3) is 0 Å². The van der Waals surface area contributed by atoms with Crippen LogP contribution in [0.5, 0.6) is 0 Å². The molecule has 1 saturated heterocycles. The maximum absolute atomic E-state index is 12.7. The van der Waals surface area contributed by atoms with Crippen LogP contribution in [0.3, 0.4) is 0 Å². The molecule has 2 rings (SSSR count). The Morgan fingerprint density at radius 1 is 1.19 bits per heavy atom. The van der Waals surface area contributed by atoms with E-state index < -0.39 is 10.0 Å². The number of amides is 1. The molecule has 26 heavy (non-hydrogen) atoms. The monoisotopic (exact) mass is 399 g/mol. The molecular formula is C18H29N3O3S2. The van der Waals surface area contributed by atoms with Crippen LogP contribution in [0.15, 0.2) is 28.3 Å². The summed E-state index contributed by atoms with van der Waals surface area (Å²) < 4.78 is 27.0. The summed E-state index contributed by atoms with van der Waals surface area (Å²) >= 11 is 1.31. The van der Waals surface area contributed by atoms with Crippen molar-refractivity contribution in [1.82, 2.24) is 14.6 Å². The van der Waals surface area contributed by atoms with Crippen molar-refractivity contribution in [3.05, 3.63) is 18.3 Å². The summed E-state index contributed by atoms with van der Waals surface area (Å²) in [5.41, 5.74) is 0. The number of nitrogens with one attached hydrogen (secondary N) is 1. The highest BCUT2D eigenvalue weighted by Gasteiger charge is 2.25. The van der Waals surface area contributed by atoms with Crippen molar-refractivity contribution in [3.8, 4) is 0 Å². The van der Waals surface area contributed by atoms with E-state index in [1.807, 2.05) is 6.92 Å². The van der Waals surface area contributed by atoms with E-state index in [0.717, 1.165) is 25.7 Å². The molecule has 0 saturated carbocycles. The van der Waals surface area contributed by atoms with Crippen molar-refractivity contribution in [1.29, 1.82) is 0 Å². The molecule has 1 fully saturated rings. The fraction of sp³-hybridized carbons (Fsp3) is 0.667. The van der Waals surface area contributed by atoms with Gasteiger partial charge in [-0.05, 0) is 37.8 Å². The van der Waals surface area contributed by atoms with Gasteiger partial charge >= 0.3 is 0 Å². The predicted octanol–water partition coefficient (Wildman–Crippen LogP) is 2.90. The van der Waals surface area contributed by atoms with Crippen molar-refractivity contribution in [2.24, 2.45) is 5.92 Å². The van der Waals surface area contributed by atoms with Crippen LogP contribution in [0.1, 0.15) is 46.5 Å². The Labute approximate surface area is 161 Å². The lowest BCUT2D eigenvalue weighted by Gasteiger charge is -2.19. The van der Waals surface area contributed by atoms with E-state index >= 15 is 0 Å². The Morgan fingerprint density at radius 2 is 1.85 bits per heavy atom. The number of carbonyl (C=O) groups excluding carboxylic acids is 1. The van der Waals surface area contributed by atoms with Gasteiger partial charge in [0.15, 0.2) is 0 Å². The zero-order valence-corrected chi connectivity index (χ0v) is 17.4. The molecule has 1 aliphatic rings. The normalized spacial score (nSPS) is 17.7. The van der Waals surface area contributed by atoms with Gasteiger partial charge in [-0.15, -0.1) is 0 Å². The summed E-state index contributed by atoms with van der Waals surface area (Å²) in [6.07, 6.45) is 5.38. The lowest BCUT2D eigenvalue weighted by atomic mass is 10.1. The molecule has 1 unspecified atom stereocenters. The minimum absolute atomic E-state index is 0.0423. The van der Waals surface area contributed by atoms with Gasteiger partial charge in [0, 0.05) is 25.3 Å². The molecule has 0 radical (unpaired) electrons. The maximum Gasteiger partial charge on any atom is 0.244 e. The third-order valence-corrected chi connectivity index (χ3v) is 7.48. The first-order chi connectivity index (χ1) is 12.3. The largest absolute Gasteiger partial charge is 0.353 e. The minimum Gasteiger partial charge on any atom is -0.353 e. The number of rotatable bonds is 7. The first-order valence-corrected chi connectivity index (χ1v) is 11.6. The predicted molar refractivity (Wildman–Crippen MR) is 105 cm³/mol. The average Bonchev–Trinajstić information content (AvgIpc) is 2.90. The quantitative estimate of drug-likeness (QED) is 0.713. The number of hydrogen-bond acceptors (Lipinski definition) is 5. The highest BCUT2D eigenvalue weighted by atomic mass is 32.2. The van der Waals surface area contributed by atoms with Crippen molar-refractivity contribution < 1.29 is 13.2 Å². The lowest BCUT2D eigenvalue weighted by Crippen LogP contribution is -2.37. The molecule has 1 N–H and O–H groups in total. The van der Waals surface area contributed by atoms with Gasteiger partial charge < -0.3 is 5.32 Å². The highest BCUT2D eigenvalue weighted by molar-refractivity contribution is 7.99. The molecule has 1 aromatic heterocycles. The van der Waals surface area contributed by atoms with E-state index in [9.17, 15) is 13.2 Å². The Morgan fingerprint density at radius 3 is 2.38 bits per heavy atom. The number of nitrogens with zero attached hydrogens (tertiary/aromatic N) is 2. The van der Waals surface area contributed by atoms with Crippen LogP contribution in [0.2, 0.25) is 0 Å². The summed E-state index contributed by atoms with van der Waals surface area (Å²) in [7, 11) is -3.48. The van der Waals surface area contributed by atoms with E-state index in [0.29, 0.717) is 24.0 Å². The summed E-state index contributed by atoms with van der Waals surface area (Å²) in [6.45, 7) is 7.25. The van der Waals surface area contributed by atoms with Gasteiger partial charge in [-0.2, -0.15) is 4.31 Å². The number of pyridine rings is 1. The molecule has 2 heterocycles. The fourth-order valence-electron chi connectivity index (χ4n) is 2.64. The molecule has 1 amide bonds. The standard InChI is InChI=1S/C18H29N3O3S2/c1-14(2)15(3)20-17(22)13-25-18-9-8-16(12-19-18)26(23,24)21-10-6-4-5-7-11-21/h8-9,12,14-15H,4-7,10-11,13H2,1-3H3,(H,20,22). The molecule has 1 aromatic rings. The second-order valence-corrected chi connectivity index (χ2v) is 9.97. The van der Waals surface area contributed by atoms with Crippen LogP contribution in [-0.2, 0) is 14.8 Å². The molecule has 8 heteroatoms. The second kappa shape index (κ2) is 9.71. The van der Waals surface area contributed by atoms with E-state index in [4.69, 9.17) is 0 Å². The zero-order valence-electron chi connectivity index (χ0n) is 15.8. The van der Waals surface area contributed by atoms with Crippen LogP contribution in [0.25, 0.3) is 0 Å². The van der Waals surface area contributed by atoms with Gasteiger partial charge in [0.05, 0.1) is 10.8 Å². The Bertz CT molecular complexity index is 682. The van der Waals surface area contributed by atoms with Crippen LogP contribution >= 0.6 is 11.8 Å². The molecule has 0 spiro atoms. The van der Waals surface area contributed by atoms with Gasteiger partial charge in [-0.25, -0.2) is 13.4 Å². The Kier molecular flexibility index (Phi) is 7.91. The molecule has 0 aromatic carbocycles. The van der Waals surface area contributed by atoms with Crippen LogP contribution in [0, 0.1) is 5.92 Å². The van der Waals surface area contributed by atoms with E-state index in [-0.39, 0.29) is 22.6 Å². The third-order valence-electron chi connectivity index (χ3n) is 4.65. The summed E-state index contributed by atoms with van der Waals surface area (Å²) in [5.74, 6) is 0.604. The molecule has 1 atom stereocenters. The number of carbonyl (C=O) groups is 1. The Balaban J connectivity index is 1.94.